The van der Waals surface area contributed by atoms with Gasteiger partial charge in [0.25, 0.3) is 0 Å². The lowest BCUT2D eigenvalue weighted by molar-refractivity contribution is -0.274. The minimum absolute atomic E-state index is 0.205. The molecule has 0 saturated heterocycles. The van der Waals surface area contributed by atoms with E-state index in [0.29, 0.717) is 29.4 Å². The molecule has 36 heavy (non-hydrogen) atoms. The van der Waals surface area contributed by atoms with Crippen molar-refractivity contribution in [2.45, 2.75) is 38.5 Å². The molecule has 0 N–H and O–H groups in total. The molecule has 0 saturated carbocycles. The zero-order valence-corrected chi connectivity index (χ0v) is 20.0. The van der Waals surface area contributed by atoms with Crippen molar-refractivity contribution in [3.05, 3.63) is 95.3 Å². The Balaban J connectivity index is 1.26. The number of hydrogen-bond donors (Lipinski definition) is 0. The molecule has 0 radical (unpaired) electrons. The van der Waals surface area contributed by atoms with Gasteiger partial charge in [-0.05, 0) is 66.8 Å². The second kappa shape index (κ2) is 11.4. The summed E-state index contributed by atoms with van der Waals surface area (Å²) in [6.07, 6.45) is 0.294. The van der Waals surface area contributed by atoms with Crippen LogP contribution < -0.4 is 4.74 Å². The highest BCUT2D eigenvalue weighted by molar-refractivity contribution is 6.30. The van der Waals surface area contributed by atoms with Gasteiger partial charge >= 0.3 is 6.36 Å². The molecule has 1 heterocycles. The van der Waals surface area contributed by atoms with Crippen LogP contribution in [0.1, 0.15) is 30.4 Å². The number of ether oxygens (including phenoxy) is 1. The minimum atomic E-state index is -4.73. The van der Waals surface area contributed by atoms with Crippen molar-refractivity contribution >= 4 is 17.4 Å². The van der Waals surface area contributed by atoms with Crippen molar-refractivity contribution in [2.75, 3.05) is 0 Å². The molecule has 9 heteroatoms. The number of benzene rings is 3. The summed E-state index contributed by atoms with van der Waals surface area (Å²) in [5.74, 6) is 0.410. The van der Waals surface area contributed by atoms with Crippen molar-refractivity contribution in [1.29, 1.82) is 0 Å². The lowest BCUT2D eigenvalue weighted by Gasteiger charge is -2.09. The summed E-state index contributed by atoms with van der Waals surface area (Å²) in [6, 6.07) is 20.6. The number of nitrogens with zero attached hydrogens (tertiary/aromatic N) is 3. The predicted octanol–water partition coefficient (Wildman–Crippen LogP) is 7.01. The fraction of sp³-hybridized carbons (Fsp3) is 0.222. The zero-order chi connectivity index (χ0) is 25.5. The molecule has 4 aromatic rings. The van der Waals surface area contributed by atoms with Gasteiger partial charge in [-0.15, -0.1) is 18.3 Å². The summed E-state index contributed by atoms with van der Waals surface area (Å²) in [5.41, 5.74) is 3.48. The topological polar surface area (TPSA) is 57.0 Å². The van der Waals surface area contributed by atoms with Crippen LogP contribution in [0.15, 0.2) is 79.1 Å². The molecular formula is C27H23ClF3N3O2. The maximum atomic E-state index is 12.3. The van der Waals surface area contributed by atoms with Crippen LogP contribution in [0.5, 0.6) is 5.75 Å². The van der Waals surface area contributed by atoms with E-state index < -0.39 is 6.36 Å². The van der Waals surface area contributed by atoms with Gasteiger partial charge in [-0.1, -0.05) is 48.0 Å². The Bertz CT molecular complexity index is 1300. The van der Waals surface area contributed by atoms with E-state index in [4.69, 9.17) is 11.6 Å². The normalized spacial score (nSPS) is 11.4. The number of carbonyl (C=O) groups is 1. The highest BCUT2D eigenvalue weighted by Gasteiger charge is 2.31. The Labute approximate surface area is 211 Å². The summed E-state index contributed by atoms with van der Waals surface area (Å²) in [7, 11) is 0. The molecule has 1 aromatic heterocycles. The van der Waals surface area contributed by atoms with Crippen LogP contribution in [0.2, 0.25) is 5.02 Å². The second-order valence-electron chi connectivity index (χ2n) is 8.30. The highest BCUT2D eigenvalue weighted by Crippen LogP contribution is 2.24. The average molecular weight is 514 g/mol. The lowest BCUT2D eigenvalue weighted by atomic mass is 10.0. The van der Waals surface area contributed by atoms with E-state index in [1.165, 1.54) is 35.3 Å². The van der Waals surface area contributed by atoms with Gasteiger partial charge in [0.15, 0.2) is 5.82 Å². The standard InChI is InChI=1S/C27H23ClF3N3O2/c28-22-6-3-5-20(16-22)17-24(35)7-2-1-4-19-8-10-21(11-9-19)26-32-18-34(33-26)23-12-14-25(15-13-23)36-27(29,30)31/h3,5-6,8-16,18H,1-2,4,7,17H2. The number of halogens is 4. The Hall–Kier alpha value is -3.65. The maximum absolute atomic E-state index is 12.3. The number of unbranched alkanes of at least 4 members (excludes halogenated alkanes) is 1. The molecule has 5 nitrogen and oxygen atoms in total. The van der Waals surface area contributed by atoms with Crippen molar-refractivity contribution in [2.24, 2.45) is 0 Å². The third-order valence-corrected chi connectivity index (χ3v) is 5.74. The van der Waals surface area contributed by atoms with E-state index in [0.717, 1.165) is 36.0 Å². The molecule has 186 valence electrons. The third-order valence-electron chi connectivity index (χ3n) is 5.50. The first-order chi connectivity index (χ1) is 17.2. The van der Waals surface area contributed by atoms with Crippen LogP contribution in [0.3, 0.4) is 0 Å². The summed E-state index contributed by atoms with van der Waals surface area (Å²) in [6.45, 7) is 0. The van der Waals surface area contributed by atoms with Gasteiger partial charge in [0, 0.05) is 23.4 Å². The van der Waals surface area contributed by atoms with Gasteiger partial charge in [0.2, 0.25) is 0 Å². The smallest absolute Gasteiger partial charge is 0.406 e. The van der Waals surface area contributed by atoms with Gasteiger partial charge < -0.3 is 4.74 Å². The number of hydrogen-bond acceptors (Lipinski definition) is 4. The van der Waals surface area contributed by atoms with E-state index in [1.807, 2.05) is 42.5 Å². The molecule has 0 atom stereocenters. The molecule has 0 aliphatic rings. The molecule has 0 fully saturated rings. The van der Waals surface area contributed by atoms with Gasteiger partial charge in [-0.3, -0.25) is 4.79 Å². The van der Waals surface area contributed by atoms with Gasteiger partial charge in [-0.2, -0.15) is 0 Å². The first kappa shape index (κ1) is 25.4. The number of rotatable bonds is 10. The lowest BCUT2D eigenvalue weighted by Crippen LogP contribution is -2.17. The van der Waals surface area contributed by atoms with Gasteiger partial charge in [0.05, 0.1) is 5.69 Å². The summed E-state index contributed by atoms with van der Waals surface area (Å²) in [4.78, 5) is 16.5. The van der Waals surface area contributed by atoms with Crippen LogP contribution in [-0.2, 0) is 17.6 Å². The molecule has 0 aliphatic heterocycles. The Morgan fingerprint density at radius 2 is 1.69 bits per heavy atom. The van der Waals surface area contributed by atoms with Gasteiger partial charge in [0.1, 0.15) is 17.9 Å². The van der Waals surface area contributed by atoms with Gasteiger partial charge in [-0.25, -0.2) is 9.67 Å². The number of ketones is 1. The number of alkyl halides is 3. The number of aryl methyl sites for hydroxylation is 1. The monoisotopic (exact) mass is 513 g/mol. The molecule has 0 unspecified atom stereocenters. The highest BCUT2D eigenvalue weighted by atomic mass is 35.5. The fourth-order valence-electron chi connectivity index (χ4n) is 3.76. The minimum Gasteiger partial charge on any atom is -0.406 e. The van der Waals surface area contributed by atoms with Crippen LogP contribution in [0.4, 0.5) is 13.2 Å². The van der Waals surface area contributed by atoms with Crippen molar-refractivity contribution in [1.82, 2.24) is 14.8 Å². The quantitative estimate of drug-likeness (QED) is 0.214. The molecule has 0 spiro atoms. The molecular weight excluding hydrogens is 491 g/mol. The van der Waals surface area contributed by atoms with Crippen molar-refractivity contribution in [3.63, 3.8) is 0 Å². The van der Waals surface area contributed by atoms with Crippen molar-refractivity contribution in [3.8, 4) is 22.8 Å². The Morgan fingerprint density at radius 1 is 0.944 bits per heavy atom. The molecule has 0 aliphatic carbocycles. The van der Waals surface area contributed by atoms with E-state index in [2.05, 4.69) is 14.8 Å². The third kappa shape index (κ3) is 7.42. The fourth-order valence-corrected chi connectivity index (χ4v) is 3.97. The molecule has 3 aromatic carbocycles. The Kier molecular flexibility index (Phi) is 8.05. The van der Waals surface area contributed by atoms with Crippen LogP contribution in [0, 0.1) is 0 Å². The van der Waals surface area contributed by atoms with E-state index in [-0.39, 0.29) is 11.5 Å². The maximum Gasteiger partial charge on any atom is 0.573 e. The first-order valence-corrected chi connectivity index (χ1v) is 11.8. The molecule has 0 bridgehead atoms. The van der Waals surface area contributed by atoms with E-state index >= 15 is 0 Å². The second-order valence-corrected chi connectivity index (χ2v) is 8.74. The van der Waals surface area contributed by atoms with Crippen LogP contribution in [-0.4, -0.2) is 26.9 Å². The average Bonchev–Trinajstić information content (AvgIpc) is 3.32. The number of Topliss-reactive ketones (excluding diaryl/α,β-unsaturated/α-hetero) is 1. The summed E-state index contributed by atoms with van der Waals surface area (Å²) >= 11 is 5.97. The summed E-state index contributed by atoms with van der Waals surface area (Å²) < 4.78 is 42.3. The number of aromatic nitrogens is 3. The number of carbonyl (C=O) groups excluding carboxylic acids is 1. The van der Waals surface area contributed by atoms with Crippen molar-refractivity contribution < 1.29 is 22.7 Å². The van der Waals surface area contributed by atoms with E-state index in [1.54, 1.807) is 6.07 Å². The Morgan fingerprint density at radius 3 is 2.39 bits per heavy atom. The molecule has 4 rings (SSSR count). The first-order valence-electron chi connectivity index (χ1n) is 11.4. The van der Waals surface area contributed by atoms with E-state index in [9.17, 15) is 18.0 Å². The molecule has 0 amide bonds. The largest absolute Gasteiger partial charge is 0.573 e. The SMILES string of the molecule is O=C(CCCCc1ccc(-c2ncn(-c3ccc(OC(F)(F)F)cc3)n2)cc1)Cc1cccc(Cl)c1. The summed E-state index contributed by atoms with van der Waals surface area (Å²) in [5, 5.41) is 5.05. The van der Waals surface area contributed by atoms with Crippen LogP contribution >= 0.6 is 11.6 Å². The van der Waals surface area contributed by atoms with Crippen LogP contribution in [0.25, 0.3) is 17.1 Å². The zero-order valence-electron chi connectivity index (χ0n) is 19.2. The predicted molar refractivity (Wildman–Crippen MR) is 131 cm³/mol.